The van der Waals surface area contributed by atoms with Crippen LogP contribution in [-0.4, -0.2) is 24.5 Å². The van der Waals surface area contributed by atoms with E-state index in [1.807, 2.05) is 30.5 Å². The number of benzene rings is 2. The molecule has 7 nitrogen and oxygen atoms in total. The Morgan fingerprint density at radius 1 is 1.21 bits per heavy atom. The zero-order valence-corrected chi connectivity index (χ0v) is 16.1. The number of nitrogens with zero attached hydrogens (tertiary/aromatic N) is 1. The second-order valence-corrected chi connectivity index (χ2v) is 6.86. The lowest BCUT2D eigenvalue weighted by molar-refractivity contribution is -0.385. The average molecular weight is 398 g/mol. The zero-order chi connectivity index (χ0) is 20.1. The van der Waals surface area contributed by atoms with Crippen LogP contribution in [0.1, 0.15) is 5.56 Å². The van der Waals surface area contributed by atoms with Gasteiger partial charge in [-0.2, -0.15) is 0 Å². The molecule has 1 N–H and O–H groups in total. The van der Waals surface area contributed by atoms with Crippen LogP contribution < -0.4 is 14.8 Å². The highest BCUT2D eigenvalue weighted by molar-refractivity contribution is 7.13. The predicted octanol–water partition coefficient (Wildman–Crippen LogP) is 4.66. The Labute approximate surface area is 165 Å². The summed E-state index contributed by atoms with van der Waals surface area (Å²) in [6.45, 7) is 1.81. The smallest absolute Gasteiger partial charge is 0.311 e. The van der Waals surface area contributed by atoms with E-state index < -0.39 is 4.92 Å². The van der Waals surface area contributed by atoms with E-state index in [0.29, 0.717) is 11.4 Å². The van der Waals surface area contributed by atoms with Crippen molar-refractivity contribution in [2.75, 3.05) is 19.0 Å². The lowest BCUT2D eigenvalue weighted by Crippen LogP contribution is -2.20. The van der Waals surface area contributed by atoms with Gasteiger partial charge in [-0.15, -0.1) is 11.3 Å². The Bertz CT molecular complexity index is 1020. The lowest BCUT2D eigenvalue weighted by Gasteiger charge is -2.10. The maximum absolute atomic E-state index is 12.2. The molecule has 0 saturated carbocycles. The summed E-state index contributed by atoms with van der Waals surface area (Å²) in [7, 11) is 1.33. The number of methoxy groups -OCH3 is 1. The van der Waals surface area contributed by atoms with Crippen molar-refractivity contribution in [2.45, 2.75) is 6.92 Å². The second-order valence-electron chi connectivity index (χ2n) is 5.94. The Hall–Kier alpha value is -3.39. The van der Waals surface area contributed by atoms with Crippen molar-refractivity contribution in [3.8, 4) is 21.9 Å². The number of nitro benzene ring substituents is 1. The average Bonchev–Trinajstić information content (AvgIpc) is 3.12. The molecule has 1 heterocycles. The third-order valence-electron chi connectivity index (χ3n) is 3.99. The number of hydrogen-bond acceptors (Lipinski definition) is 6. The maximum atomic E-state index is 12.2. The van der Waals surface area contributed by atoms with Gasteiger partial charge in [-0.3, -0.25) is 14.9 Å². The van der Waals surface area contributed by atoms with Crippen molar-refractivity contribution in [3.63, 3.8) is 0 Å². The molecule has 0 aliphatic rings. The third kappa shape index (κ3) is 4.47. The molecule has 1 amide bonds. The number of carbonyl (C=O) groups is 1. The molecule has 0 spiro atoms. The second kappa shape index (κ2) is 8.53. The zero-order valence-electron chi connectivity index (χ0n) is 15.3. The van der Waals surface area contributed by atoms with Crippen molar-refractivity contribution in [1.29, 1.82) is 0 Å². The molecule has 0 fully saturated rings. The van der Waals surface area contributed by atoms with Gasteiger partial charge in [-0.1, -0.05) is 12.1 Å². The molecule has 3 rings (SSSR count). The molecule has 144 valence electrons. The van der Waals surface area contributed by atoms with Gasteiger partial charge in [0.15, 0.2) is 6.61 Å². The molecule has 3 aromatic rings. The number of ether oxygens (including phenoxy) is 2. The molecule has 2 aromatic carbocycles. The molecule has 28 heavy (non-hydrogen) atoms. The summed E-state index contributed by atoms with van der Waals surface area (Å²) in [6, 6.07) is 13.7. The van der Waals surface area contributed by atoms with Crippen LogP contribution in [0.15, 0.2) is 53.9 Å². The van der Waals surface area contributed by atoms with E-state index >= 15 is 0 Å². The van der Waals surface area contributed by atoms with Crippen molar-refractivity contribution in [3.05, 3.63) is 69.6 Å². The lowest BCUT2D eigenvalue weighted by atomic mass is 10.1. The molecule has 0 aliphatic heterocycles. The molecule has 1 aromatic heterocycles. The first-order chi connectivity index (χ1) is 13.5. The van der Waals surface area contributed by atoms with Crippen LogP contribution in [0.4, 0.5) is 11.4 Å². The fraction of sp³-hybridized carbons (Fsp3) is 0.150. The first-order valence-electron chi connectivity index (χ1n) is 8.37. The Kier molecular flexibility index (Phi) is 5.90. The Morgan fingerprint density at radius 3 is 2.71 bits per heavy atom. The minimum absolute atomic E-state index is 0.0712. The standard InChI is InChI=1S/C20H18N2O5S/c1-13-8-9-28-20(13)14-4-3-5-15(10-14)21-19(23)12-27-16-6-7-17(22(24)25)18(11-16)26-2/h3-11H,12H2,1-2H3,(H,21,23). The topological polar surface area (TPSA) is 90.7 Å². The number of nitrogens with one attached hydrogen (secondary N) is 1. The fourth-order valence-corrected chi connectivity index (χ4v) is 3.58. The number of anilines is 1. The summed E-state index contributed by atoms with van der Waals surface area (Å²) in [5.41, 5.74) is 2.72. The first-order valence-corrected chi connectivity index (χ1v) is 9.25. The van der Waals surface area contributed by atoms with Gasteiger partial charge in [0, 0.05) is 22.7 Å². The van der Waals surface area contributed by atoms with Crippen LogP contribution in [0.5, 0.6) is 11.5 Å². The Balaban J connectivity index is 1.64. The van der Waals surface area contributed by atoms with Gasteiger partial charge in [0.2, 0.25) is 5.75 Å². The number of carbonyl (C=O) groups excluding carboxylic acids is 1. The van der Waals surface area contributed by atoms with Gasteiger partial charge in [0.1, 0.15) is 5.75 Å². The van der Waals surface area contributed by atoms with Gasteiger partial charge < -0.3 is 14.8 Å². The number of thiophene rings is 1. The van der Waals surface area contributed by atoms with E-state index in [-0.39, 0.29) is 24.0 Å². The van der Waals surface area contributed by atoms with E-state index in [2.05, 4.69) is 11.4 Å². The SMILES string of the molecule is COc1cc(OCC(=O)Nc2cccc(-c3sccc3C)c2)ccc1[N+](=O)[O-]. The van der Waals surface area contributed by atoms with Gasteiger partial charge in [-0.25, -0.2) is 0 Å². The third-order valence-corrected chi connectivity index (χ3v) is 5.05. The number of amides is 1. The van der Waals surface area contributed by atoms with Crippen molar-refractivity contribution >= 4 is 28.6 Å². The summed E-state index contributed by atoms with van der Waals surface area (Å²) in [5.74, 6) is 0.0415. The van der Waals surface area contributed by atoms with Gasteiger partial charge >= 0.3 is 5.69 Å². The molecule has 0 atom stereocenters. The summed E-state index contributed by atoms with van der Waals surface area (Å²) in [6.07, 6.45) is 0. The molecule has 0 bridgehead atoms. The van der Waals surface area contributed by atoms with E-state index in [4.69, 9.17) is 9.47 Å². The minimum atomic E-state index is -0.544. The summed E-state index contributed by atoms with van der Waals surface area (Å²) in [5, 5.41) is 15.7. The highest BCUT2D eigenvalue weighted by atomic mass is 32.1. The summed E-state index contributed by atoms with van der Waals surface area (Å²) in [4.78, 5) is 23.7. The van der Waals surface area contributed by atoms with Crippen molar-refractivity contribution in [2.24, 2.45) is 0 Å². The van der Waals surface area contributed by atoms with E-state index in [0.717, 1.165) is 10.4 Å². The first kappa shape index (κ1) is 19.4. The van der Waals surface area contributed by atoms with Crippen LogP contribution >= 0.6 is 11.3 Å². The maximum Gasteiger partial charge on any atom is 0.311 e. The van der Waals surface area contributed by atoms with Crippen LogP contribution in [0.3, 0.4) is 0 Å². The summed E-state index contributed by atoms with van der Waals surface area (Å²) < 4.78 is 10.4. The number of nitro groups is 1. The van der Waals surface area contributed by atoms with Crippen molar-refractivity contribution < 1.29 is 19.2 Å². The molecule has 0 radical (unpaired) electrons. The quantitative estimate of drug-likeness (QED) is 0.462. The molecule has 0 saturated heterocycles. The summed E-state index contributed by atoms with van der Waals surface area (Å²) >= 11 is 1.65. The highest BCUT2D eigenvalue weighted by Crippen LogP contribution is 2.31. The highest BCUT2D eigenvalue weighted by Gasteiger charge is 2.15. The van der Waals surface area contributed by atoms with E-state index in [1.54, 1.807) is 17.4 Å². The normalized spacial score (nSPS) is 10.4. The van der Waals surface area contributed by atoms with Gasteiger partial charge in [-0.05, 0) is 47.7 Å². The van der Waals surface area contributed by atoms with Crippen LogP contribution in [-0.2, 0) is 4.79 Å². The molecular formula is C20H18N2O5S. The molecular weight excluding hydrogens is 380 g/mol. The van der Waals surface area contributed by atoms with E-state index in [1.165, 1.54) is 30.9 Å². The Morgan fingerprint density at radius 2 is 2.04 bits per heavy atom. The molecule has 0 aliphatic carbocycles. The molecule has 8 heteroatoms. The van der Waals surface area contributed by atoms with Crippen LogP contribution in [0, 0.1) is 17.0 Å². The molecule has 0 unspecified atom stereocenters. The number of aryl methyl sites for hydroxylation is 1. The largest absolute Gasteiger partial charge is 0.490 e. The van der Waals surface area contributed by atoms with E-state index in [9.17, 15) is 14.9 Å². The fourth-order valence-electron chi connectivity index (χ4n) is 2.65. The van der Waals surface area contributed by atoms with Gasteiger partial charge in [0.25, 0.3) is 5.91 Å². The monoisotopic (exact) mass is 398 g/mol. The number of hydrogen-bond donors (Lipinski definition) is 1. The van der Waals surface area contributed by atoms with Crippen LogP contribution in [0.2, 0.25) is 0 Å². The predicted molar refractivity (Wildman–Crippen MR) is 108 cm³/mol. The van der Waals surface area contributed by atoms with Gasteiger partial charge in [0.05, 0.1) is 12.0 Å². The van der Waals surface area contributed by atoms with Crippen molar-refractivity contribution in [1.82, 2.24) is 0 Å². The number of rotatable bonds is 7. The minimum Gasteiger partial charge on any atom is -0.490 e. The van der Waals surface area contributed by atoms with Crippen LogP contribution in [0.25, 0.3) is 10.4 Å².